The van der Waals surface area contributed by atoms with Gasteiger partial charge in [0.25, 0.3) is 5.91 Å². The van der Waals surface area contributed by atoms with E-state index in [4.69, 9.17) is 4.74 Å². The molecule has 0 aliphatic carbocycles. The molecule has 1 amide bonds. The maximum atomic E-state index is 13.9. The zero-order valence-electron chi connectivity index (χ0n) is 13.5. The minimum Gasteiger partial charge on any atom is -0.477 e. The lowest BCUT2D eigenvalue weighted by atomic mass is 10.0. The van der Waals surface area contributed by atoms with Crippen LogP contribution < -0.4 is 4.74 Å². The zero-order chi connectivity index (χ0) is 16.7. The van der Waals surface area contributed by atoms with E-state index in [0.29, 0.717) is 13.0 Å². The molecule has 2 aliphatic rings. The van der Waals surface area contributed by atoms with E-state index in [-0.39, 0.29) is 17.7 Å². The van der Waals surface area contributed by atoms with Crippen molar-refractivity contribution in [3.8, 4) is 5.75 Å². The minimum atomic E-state index is -0.626. The monoisotopic (exact) mass is 346 g/mol. The molecule has 0 N–H and O–H groups in total. The molecule has 0 bridgehead atoms. The highest BCUT2D eigenvalue weighted by molar-refractivity contribution is 7.09. The predicted molar refractivity (Wildman–Crippen MR) is 89.7 cm³/mol. The van der Waals surface area contributed by atoms with Crippen molar-refractivity contribution >= 4 is 17.2 Å². The number of piperidine rings is 1. The van der Waals surface area contributed by atoms with E-state index in [1.807, 2.05) is 23.3 Å². The first-order chi connectivity index (χ1) is 11.6. The lowest BCUT2D eigenvalue weighted by Gasteiger charge is -2.35. The Balaban J connectivity index is 1.56. The average molecular weight is 346 g/mol. The largest absolute Gasteiger partial charge is 0.477 e. The molecule has 6 heteroatoms. The number of carbonyl (C=O) groups is 1. The highest BCUT2D eigenvalue weighted by Crippen LogP contribution is 2.36. The van der Waals surface area contributed by atoms with Crippen molar-refractivity contribution in [2.75, 3.05) is 6.54 Å². The van der Waals surface area contributed by atoms with Crippen LogP contribution in [-0.4, -0.2) is 28.4 Å². The van der Waals surface area contributed by atoms with E-state index >= 15 is 0 Å². The third-order valence-electron chi connectivity index (χ3n) is 4.70. The summed E-state index contributed by atoms with van der Waals surface area (Å²) < 4.78 is 19.5. The van der Waals surface area contributed by atoms with Gasteiger partial charge in [-0.1, -0.05) is 12.1 Å². The Morgan fingerprint density at radius 3 is 3.04 bits per heavy atom. The Bertz CT molecular complexity index is 776. The number of carbonyl (C=O) groups excluding carboxylic acids is 1. The molecule has 1 fully saturated rings. The van der Waals surface area contributed by atoms with Crippen molar-refractivity contribution in [3.05, 3.63) is 45.7 Å². The third kappa shape index (κ3) is 2.69. The van der Waals surface area contributed by atoms with Gasteiger partial charge in [-0.05, 0) is 32.3 Å². The van der Waals surface area contributed by atoms with Gasteiger partial charge in [-0.15, -0.1) is 11.3 Å². The van der Waals surface area contributed by atoms with Crippen LogP contribution in [-0.2, 0) is 11.2 Å². The summed E-state index contributed by atoms with van der Waals surface area (Å²) >= 11 is 1.60. The van der Waals surface area contributed by atoms with E-state index in [2.05, 4.69) is 4.98 Å². The minimum absolute atomic E-state index is 0.0158. The molecule has 4 rings (SSSR count). The molecule has 0 saturated carbocycles. The van der Waals surface area contributed by atoms with Gasteiger partial charge in [0.2, 0.25) is 0 Å². The molecule has 0 spiro atoms. The van der Waals surface area contributed by atoms with Gasteiger partial charge in [-0.3, -0.25) is 4.79 Å². The second kappa shape index (κ2) is 6.16. The fourth-order valence-electron chi connectivity index (χ4n) is 3.53. The van der Waals surface area contributed by atoms with Crippen molar-refractivity contribution in [1.82, 2.24) is 9.88 Å². The van der Waals surface area contributed by atoms with Crippen LogP contribution in [0.3, 0.4) is 0 Å². The fourth-order valence-corrected chi connectivity index (χ4v) is 4.47. The molecule has 126 valence electrons. The van der Waals surface area contributed by atoms with Gasteiger partial charge in [0.1, 0.15) is 5.01 Å². The van der Waals surface area contributed by atoms with Gasteiger partial charge in [0.05, 0.1) is 6.04 Å². The van der Waals surface area contributed by atoms with Gasteiger partial charge in [0, 0.05) is 29.6 Å². The van der Waals surface area contributed by atoms with Crippen LogP contribution in [0.1, 0.15) is 41.6 Å². The molecule has 2 atom stereocenters. The number of halogens is 1. The number of fused-ring (bicyclic) bond motifs is 1. The SMILES string of the molecule is Cc1csc([C@H]2CCCCN2C(=O)[C@H]2Cc3cccc(F)c3O2)n1. The first-order valence-electron chi connectivity index (χ1n) is 8.30. The maximum Gasteiger partial charge on any atom is 0.264 e. The fraction of sp³-hybridized carbons (Fsp3) is 0.444. The van der Waals surface area contributed by atoms with E-state index < -0.39 is 11.9 Å². The molecule has 2 aliphatic heterocycles. The quantitative estimate of drug-likeness (QED) is 0.834. The first-order valence-corrected chi connectivity index (χ1v) is 9.18. The number of aryl methyl sites for hydroxylation is 1. The van der Waals surface area contributed by atoms with Gasteiger partial charge in [0.15, 0.2) is 17.7 Å². The van der Waals surface area contributed by atoms with Crippen LogP contribution in [0.4, 0.5) is 4.39 Å². The molecular weight excluding hydrogens is 327 g/mol. The van der Waals surface area contributed by atoms with Crippen LogP contribution >= 0.6 is 11.3 Å². The van der Waals surface area contributed by atoms with Gasteiger partial charge in [-0.2, -0.15) is 0 Å². The van der Waals surface area contributed by atoms with Crippen LogP contribution in [0, 0.1) is 12.7 Å². The molecule has 0 radical (unpaired) electrons. The van der Waals surface area contributed by atoms with Crippen LogP contribution in [0.2, 0.25) is 0 Å². The lowest BCUT2D eigenvalue weighted by Crippen LogP contribution is -2.45. The molecule has 2 aromatic rings. The van der Waals surface area contributed by atoms with Gasteiger partial charge >= 0.3 is 0 Å². The van der Waals surface area contributed by atoms with E-state index in [1.165, 1.54) is 6.07 Å². The highest BCUT2D eigenvalue weighted by atomic mass is 32.1. The molecule has 0 unspecified atom stereocenters. The summed E-state index contributed by atoms with van der Waals surface area (Å²) in [6.45, 7) is 2.68. The molecule has 1 aromatic heterocycles. The number of nitrogens with zero attached hydrogens (tertiary/aromatic N) is 2. The Labute approximate surface area is 144 Å². The number of rotatable bonds is 2. The summed E-state index contributed by atoms with van der Waals surface area (Å²) in [5.41, 5.74) is 1.76. The van der Waals surface area contributed by atoms with E-state index in [9.17, 15) is 9.18 Å². The first kappa shape index (κ1) is 15.6. The number of hydrogen-bond acceptors (Lipinski definition) is 4. The predicted octanol–water partition coefficient (Wildman–Crippen LogP) is 3.65. The second-order valence-electron chi connectivity index (χ2n) is 6.41. The second-order valence-corrected chi connectivity index (χ2v) is 7.30. The van der Waals surface area contributed by atoms with Crippen molar-refractivity contribution in [2.45, 2.75) is 44.8 Å². The molecule has 24 heavy (non-hydrogen) atoms. The summed E-state index contributed by atoms with van der Waals surface area (Å²) in [5, 5.41) is 3.01. The van der Waals surface area contributed by atoms with Gasteiger partial charge in [-0.25, -0.2) is 9.37 Å². The van der Waals surface area contributed by atoms with Crippen molar-refractivity contribution < 1.29 is 13.9 Å². The molecular formula is C18H19FN2O2S. The maximum absolute atomic E-state index is 13.9. The standard InChI is InChI=1S/C18H19FN2O2S/c1-11-10-24-17(20-11)14-7-2-3-8-21(14)18(22)15-9-12-5-4-6-13(19)16(12)23-15/h4-6,10,14-15H,2-3,7-9H2,1H3/t14-,15-/m1/s1. The Morgan fingerprint density at radius 2 is 2.29 bits per heavy atom. The molecule has 1 aromatic carbocycles. The Morgan fingerprint density at radius 1 is 1.42 bits per heavy atom. The summed E-state index contributed by atoms with van der Waals surface area (Å²) in [6.07, 6.45) is 2.81. The number of thiazole rings is 1. The number of ether oxygens (including phenoxy) is 1. The molecule has 3 heterocycles. The number of amides is 1. The number of para-hydroxylation sites is 1. The molecule has 1 saturated heterocycles. The van der Waals surface area contributed by atoms with Crippen LogP contribution in [0.25, 0.3) is 0 Å². The number of hydrogen-bond donors (Lipinski definition) is 0. The van der Waals surface area contributed by atoms with Crippen LogP contribution in [0.15, 0.2) is 23.6 Å². The lowest BCUT2D eigenvalue weighted by molar-refractivity contribution is -0.142. The third-order valence-corrected chi connectivity index (χ3v) is 5.76. The van der Waals surface area contributed by atoms with Crippen molar-refractivity contribution in [1.29, 1.82) is 0 Å². The zero-order valence-corrected chi connectivity index (χ0v) is 14.3. The van der Waals surface area contributed by atoms with Crippen molar-refractivity contribution in [2.24, 2.45) is 0 Å². The van der Waals surface area contributed by atoms with Crippen LogP contribution in [0.5, 0.6) is 5.75 Å². The smallest absolute Gasteiger partial charge is 0.264 e. The van der Waals surface area contributed by atoms with E-state index in [1.54, 1.807) is 17.4 Å². The normalized spacial score (nSPS) is 23.0. The Kier molecular flexibility index (Phi) is 4.00. The summed E-state index contributed by atoms with van der Waals surface area (Å²) in [5.74, 6) is -0.216. The highest BCUT2D eigenvalue weighted by Gasteiger charge is 2.38. The molecule has 4 nitrogen and oxygen atoms in total. The van der Waals surface area contributed by atoms with E-state index in [0.717, 1.165) is 35.5 Å². The average Bonchev–Trinajstić information content (AvgIpc) is 3.21. The number of benzene rings is 1. The number of aromatic nitrogens is 1. The topological polar surface area (TPSA) is 42.4 Å². The van der Waals surface area contributed by atoms with Crippen molar-refractivity contribution in [3.63, 3.8) is 0 Å². The summed E-state index contributed by atoms with van der Waals surface area (Å²) in [6, 6.07) is 4.87. The summed E-state index contributed by atoms with van der Waals surface area (Å²) in [4.78, 5) is 19.5. The van der Waals surface area contributed by atoms with Gasteiger partial charge < -0.3 is 9.64 Å². The Hall–Kier alpha value is -1.95. The summed E-state index contributed by atoms with van der Waals surface area (Å²) in [7, 11) is 0. The number of likely N-dealkylation sites (tertiary alicyclic amines) is 1.